The summed E-state index contributed by atoms with van der Waals surface area (Å²) in [7, 11) is 0. The topological polar surface area (TPSA) is 155 Å². The molecule has 2 aliphatic rings. The molecule has 12 nitrogen and oxygen atoms in total. The lowest BCUT2D eigenvalue weighted by atomic mass is 9.72. The molecule has 3 aromatic rings. The fraction of sp³-hybridized carbons (Fsp3) is 0.464. The molecule has 1 spiro atoms. The molecule has 1 amide bonds. The minimum atomic E-state index is -5.08. The number of carbonyl (C=O) groups is 3. The maximum absolute atomic E-state index is 13.4. The van der Waals surface area contributed by atoms with Crippen molar-refractivity contribution in [1.82, 2.24) is 29.6 Å². The second-order valence-corrected chi connectivity index (χ2v) is 10.9. The second-order valence-electron chi connectivity index (χ2n) is 10.9. The Labute approximate surface area is 258 Å². The number of alkyl halides is 6. The quantitative estimate of drug-likeness (QED) is 0.386. The number of carbonyl (C=O) groups excluding carboxylic acids is 1. The first kappa shape index (κ1) is 35.7. The van der Waals surface area contributed by atoms with E-state index >= 15 is 0 Å². The van der Waals surface area contributed by atoms with Crippen molar-refractivity contribution < 1.29 is 50.9 Å². The zero-order valence-electron chi connectivity index (χ0n) is 24.9. The summed E-state index contributed by atoms with van der Waals surface area (Å²) in [6.45, 7) is 9.16. The second kappa shape index (κ2) is 14.1. The minimum Gasteiger partial charge on any atom is -0.475 e. The van der Waals surface area contributed by atoms with Crippen molar-refractivity contribution in [3.05, 3.63) is 65.5 Å². The largest absolute Gasteiger partial charge is 0.490 e. The highest BCUT2D eigenvalue weighted by Gasteiger charge is 2.46. The molecular formula is C28H31F6N7O5. The van der Waals surface area contributed by atoms with E-state index in [0.29, 0.717) is 18.8 Å². The van der Waals surface area contributed by atoms with Gasteiger partial charge in [-0.25, -0.2) is 19.6 Å². The van der Waals surface area contributed by atoms with Crippen LogP contribution < -0.4 is 4.90 Å². The summed E-state index contributed by atoms with van der Waals surface area (Å²) in [5, 5.41) is 19.3. The normalized spacial score (nSPS) is 15.7. The van der Waals surface area contributed by atoms with Crippen LogP contribution in [0.3, 0.4) is 0 Å². The van der Waals surface area contributed by atoms with Gasteiger partial charge in [0.05, 0.1) is 5.69 Å². The van der Waals surface area contributed by atoms with Gasteiger partial charge in [-0.3, -0.25) is 14.5 Å². The fourth-order valence-corrected chi connectivity index (χ4v) is 4.84. The van der Waals surface area contributed by atoms with Crippen molar-refractivity contribution in [3.8, 4) is 0 Å². The van der Waals surface area contributed by atoms with Gasteiger partial charge in [0.25, 0.3) is 5.91 Å². The number of halogens is 6. The molecule has 0 radical (unpaired) electrons. The van der Waals surface area contributed by atoms with Gasteiger partial charge >= 0.3 is 24.3 Å². The van der Waals surface area contributed by atoms with Crippen molar-refractivity contribution in [1.29, 1.82) is 0 Å². The lowest BCUT2D eigenvalue weighted by molar-refractivity contribution is -0.193. The van der Waals surface area contributed by atoms with Crippen LogP contribution in [0, 0.1) is 6.92 Å². The summed E-state index contributed by atoms with van der Waals surface area (Å²) >= 11 is 0. The van der Waals surface area contributed by atoms with E-state index in [0.717, 1.165) is 48.7 Å². The van der Waals surface area contributed by atoms with Gasteiger partial charge in [-0.15, -0.1) is 0 Å². The van der Waals surface area contributed by atoms with Gasteiger partial charge in [0.15, 0.2) is 0 Å². The zero-order chi connectivity index (χ0) is 34.4. The predicted molar refractivity (Wildman–Crippen MR) is 149 cm³/mol. The van der Waals surface area contributed by atoms with Crippen LogP contribution in [0.15, 0.2) is 43.0 Å². The molecule has 5 rings (SSSR count). The van der Waals surface area contributed by atoms with Gasteiger partial charge in [-0.05, 0) is 51.3 Å². The molecule has 3 aromatic heterocycles. The molecule has 1 saturated heterocycles. The number of hydrogen-bond acceptors (Lipinski definition) is 8. The van der Waals surface area contributed by atoms with Crippen molar-refractivity contribution >= 4 is 23.8 Å². The number of pyridine rings is 1. The van der Waals surface area contributed by atoms with Crippen molar-refractivity contribution in [2.45, 2.75) is 64.0 Å². The van der Waals surface area contributed by atoms with E-state index in [1.54, 1.807) is 18.6 Å². The van der Waals surface area contributed by atoms with Crippen molar-refractivity contribution in [3.63, 3.8) is 0 Å². The van der Waals surface area contributed by atoms with E-state index < -0.39 is 24.3 Å². The number of hydrogen-bond donors (Lipinski definition) is 2. The number of aliphatic carboxylic acids is 2. The highest BCUT2D eigenvalue weighted by atomic mass is 19.4. The number of nitrogens with zero attached hydrogens (tertiary/aromatic N) is 7. The van der Waals surface area contributed by atoms with E-state index in [4.69, 9.17) is 24.9 Å². The van der Waals surface area contributed by atoms with Crippen LogP contribution in [0.1, 0.15) is 60.0 Å². The Bertz CT molecular complexity index is 1480. The first-order chi connectivity index (χ1) is 21.3. The van der Waals surface area contributed by atoms with E-state index in [2.05, 4.69) is 39.9 Å². The number of fused-ring (bicyclic) bond motifs is 2. The van der Waals surface area contributed by atoms with Crippen LogP contribution in [-0.2, 0) is 21.5 Å². The smallest absolute Gasteiger partial charge is 0.475 e. The number of carboxylic acids is 2. The number of carboxylic acid groups (broad SMARTS) is 2. The maximum Gasteiger partial charge on any atom is 0.490 e. The Morgan fingerprint density at radius 3 is 1.91 bits per heavy atom. The Balaban J connectivity index is 0.000000345. The third-order valence-electron chi connectivity index (χ3n) is 7.15. The molecule has 46 heavy (non-hydrogen) atoms. The molecule has 250 valence electrons. The molecule has 0 atom stereocenters. The first-order valence-corrected chi connectivity index (χ1v) is 13.8. The number of aryl methyl sites for hydroxylation is 1. The molecule has 2 N–H and O–H groups in total. The van der Waals surface area contributed by atoms with Crippen LogP contribution in [-0.4, -0.2) is 89.7 Å². The molecule has 18 heteroatoms. The van der Waals surface area contributed by atoms with Gasteiger partial charge in [0, 0.05) is 68.0 Å². The molecule has 2 aliphatic heterocycles. The van der Waals surface area contributed by atoms with Crippen LogP contribution >= 0.6 is 0 Å². The third-order valence-corrected chi connectivity index (χ3v) is 7.15. The molecule has 1 fully saturated rings. The monoisotopic (exact) mass is 659 g/mol. The summed E-state index contributed by atoms with van der Waals surface area (Å²) in [5.74, 6) is -4.76. The number of rotatable bonds is 3. The van der Waals surface area contributed by atoms with E-state index in [9.17, 15) is 31.1 Å². The molecular weight excluding hydrogens is 628 g/mol. The highest BCUT2D eigenvalue weighted by Crippen LogP contribution is 2.42. The summed E-state index contributed by atoms with van der Waals surface area (Å²) in [4.78, 5) is 48.6. The Kier molecular flexibility index (Phi) is 11.0. The van der Waals surface area contributed by atoms with Gasteiger partial charge in [0.2, 0.25) is 5.95 Å². The lowest BCUT2D eigenvalue weighted by Crippen LogP contribution is -2.53. The van der Waals surface area contributed by atoms with Crippen molar-refractivity contribution in [2.24, 2.45) is 0 Å². The fourth-order valence-electron chi connectivity index (χ4n) is 4.84. The van der Waals surface area contributed by atoms with Crippen molar-refractivity contribution in [2.75, 3.05) is 24.5 Å². The van der Waals surface area contributed by atoms with E-state index in [1.807, 2.05) is 34.7 Å². The van der Waals surface area contributed by atoms with E-state index in [1.165, 1.54) is 0 Å². The van der Waals surface area contributed by atoms with Gasteiger partial charge < -0.3 is 20.0 Å². The van der Waals surface area contributed by atoms with Gasteiger partial charge in [-0.1, -0.05) is 6.07 Å². The standard InChI is InChI=1S/C24H29N7O.2C2HF3O2/c1-17(2)31-15-19-14-30(22(32)20-6-5-18(3)13-27-20)16-24(21(19)28-31)7-11-29(12-8-24)23-25-9-4-10-26-23;2*3-2(4,5)1(6)7/h4-6,9-10,13,15,17H,7-8,11-12,14,16H2,1-3H3;2*(H,6,7). The van der Waals surface area contributed by atoms with Crippen LogP contribution in [0.25, 0.3) is 0 Å². The van der Waals surface area contributed by atoms with Crippen LogP contribution in [0.2, 0.25) is 0 Å². The maximum atomic E-state index is 13.4. The molecule has 0 aliphatic carbocycles. The predicted octanol–water partition coefficient (Wildman–Crippen LogP) is 4.42. The summed E-state index contributed by atoms with van der Waals surface area (Å²) in [5.41, 5.74) is 3.68. The SMILES string of the molecule is Cc1ccc(C(=O)N2Cc3cn(C(C)C)nc3C3(CCN(c4ncccn4)CC3)C2)nc1.O=C(O)C(F)(F)F.O=C(O)C(F)(F)F. The summed E-state index contributed by atoms with van der Waals surface area (Å²) in [6, 6.07) is 5.88. The zero-order valence-corrected chi connectivity index (χ0v) is 24.9. The van der Waals surface area contributed by atoms with Crippen LogP contribution in [0.5, 0.6) is 0 Å². The minimum absolute atomic E-state index is 0.0128. The Morgan fingerprint density at radius 1 is 0.913 bits per heavy atom. The number of aromatic nitrogens is 5. The molecule has 0 aromatic carbocycles. The summed E-state index contributed by atoms with van der Waals surface area (Å²) < 4.78 is 65.5. The Hall–Kier alpha value is -4.77. The van der Waals surface area contributed by atoms with E-state index in [-0.39, 0.29) is 17.4 Å². The number of anilines is 1. The first-order valence-electron chi connectivity index (χ1n) is 13.8. The number of amides is 1. The lowest BCUT2D eigenvalue weighted by Gasteiger charge is -2.46. The molecule has 5 heterocycles. The summed E-state index contributed by atoms with van der Waals surface area (Å²) in [6.07, 6.45) is -0.920. The number of piperidine rings is 1. The molecule has 0 bridgehead atoms. The van der Waals surface area contributed by atoms with Gasteiger partial charge in [-0.2, -0.15) is 31.4 Å². The molecule has 0 saturated carbocycles. The average molecular weight is 660 g/mol. The third kappa shape index (κ3) is 8.91. The average Bonchev–Trinajstić information content (AvgIpc) is 3.44. The molecule has 0 unspecified atom stereocenters. The van der Waals surface area contributed by atoms with Gasteiger partial charge in [0.1, 0.15) is 5.69 Å². The Morgan fingerprint density at radius 2 is 1.46 bits per heavy atom. The highest BCUT2D eigenvalue weighted by molar-refractivity contribution is 5.92. The van der Waals surface area contributed by atoms with Crippen LogP contribution in [0.4, 0.5) is 32.3 Å².